The van der Waals surface area contributed by atoms with Gasteiger partial charge in [-0.05, 0) is 32.6 Å². The molecule has 0 saturated heterocycles. The number of carbonyl (C=O) groups excluding carboxylic acids is 1. The van der Waals surface area contributed by atoms with Crippen LogP contribution in [0.2, 0.25) is 0 Å². The third kappa shape index (κ3) is 2.63. The highest BCUT2D eigenvalue weighted by Gasteiger charge is 2.24. The molecule has 0 atom stereocenters. The first-order valence-corrected chi connectivity index (χ1v) is 6.60. The summed E-state index contributed by atoms with van der Waals surface area (Å²) >= 11 is 0. The summed E-state index contributed by atoms with van der Waals surface area (Å²) in [7, 11) is 0. The van der Waals surface area contributed by atoms with E-state index in [9.17, 15) is 9.59 Å². The molecule has 0 spiro atoms. The zero-order chi connectivity index (χ0) is 13.1. The van der Waals surface area contributed by atoms with E-state index in [-0.39, 0.29) is 16.9 Å². The van der Waals surface area contributed by atoms with Gasteiger partial charge in [0, 0.05) is 31.0 Å². The number of carbonyl (C=O) groups is 1. The van der Waals surface area contributed by atoms with Crippen LogP contribution in [0.15, 0.2) is 17.1 Å². The third-order valence-corrected chi connectivity index (χ3v) is 3.66. The van der Waals surface area contributed by atoms with Gasteiger partial charge in [-0.2, -0.15) is 0 Å². The molecule has 4 heteroatoms. The Morgan fingerprint density at radius 2 is 2.22 bits per heavy atom. The predicted molar refractivity (Wildman–Crippen MR) is 70.7 cm³/mol. The molecule has 1 saturated carbocycles. The second kappa shape index (κ2) is 5.38. The second-order valence-corrected chi connectivity index (χ2v) is 5.03. The average Bonchev–Trinajstić information content (AvgIpc) is 2.27. The Hall–Kier alpha value is -1.58. The zero-order valence-corrected chi connectivity index (χ0v) is 11.0. The quantitative estimate of drug-likeness (QED) is 0.885. The Labute approximate surface area is 107 Å². The molecule has 1 aromatic rings. The van der Waals surface area contributed by atoms with Crippen molar-refractivity contribution in [3.63, 3.8) is 0 Å². The van der Waals surface area contributed by atoms with Crippen molar-refractivity contribution in [3.8, 4) is 0 Å². The minimum Gasteiger partial charge on any atom is -0.364 e. The first-order valence-electron chi connectivity index (χ1n) is 6.60. The predicted octanol–water partition coefficient (Wildman–Crippen LogP) is 1.95. The Bertz CT molecular complexity index is 489. The van der Waals surface area contributed by atoms with Crippen LogP contribution < -0.4 is 5.43 Å². The molecule has 1 N–H and O–H groups in total. The highest BCUT2D eigenvalue weighted by Crippen LogP contribution is 2.27. The van der Waals surface area contributed by atoms with Crippen LogP contribution in [0.25, 0.3) is 0 Å². The van der Waals surface area contributed by atoms with Gasteiger partial charge in [0.05, 0.1) is 0 Å². The fraction of sp³-hybridized carbons (Fsp3) is 0.571. The van der Waals surface area contributed by atoms with E-state index in [2.05, 4.69) is 4.98 Å². The molecule has 98 valence electrons. The molecular weight excluding hydrogens is 228 g/mol. The molecule has 1 amide bonds. The van der Waals surface area contributed by atoms with Crippen LogP contribution in [-0.2, 0) is 0 Å². The van der Waals surface area contributed by atoms with Crippen LogP contribution in [0, 0.1) is 12.8 Å². The Kier molecular flexibility index (Phi) is 3.84. The van der Waals surface area contributed by atoms with Gasteiger partial charge in [-0.25, -0.2) is 0 Å². The summed E-state index contributed by atoms with van der Waals surface area (Å²) in [6.45, 7) is 5.20. The summed E-state index contributed by atoms with van der Waals surface area (Å²) in [5, 5.41) is 0. The fourth-order valence-electron chi connectivity index (χ4n) is 2.25. The van der Waals surface area contributed by atoms with Gasteiger partial charge in [-0.15, -0.1) is 0 Å². The van der Waals surface area contributed by atoms with Crippen molar-refractivity contribution in [1.29, 1.82) is 0 Å². The van der Waals surface area contributed by atoms with E-state index in [4.69, 9.17) is 0 Å². The van der Waals surface area contributed by atoms with E-state index in [0.717, 1.165) is 12.2 Å². The monoisotopic (exact) mass is 248 g/mol. The second-order valence-electron chi connectivity index (χ2n) is 5.03. The molecular formula is C14H20N2O2. The molecule has 1 fully saturated rings. The molecule has 0 radical (unpaired) electrons. The van der Waals surface area contributed by atoms with Crippen molar-refractivity contribution in [3.05, 3.63) is 33.7 Å². The summed E-state index contributed by atoms with van der Waals surface area (Å²) in [4.78, 5) is 28.8. The maximum absolute atomic E-state index is 12.3. The minimum absolute atomic E-state index is 0.148. The molecule has 1 aromatic heterocycles. The smallest absolute Gasteiger partial charge is 0.259 e. The Morgan fingerprint density at radius 3 is 2.72 bits per heavy atom. The number of hydrogen-bond acceptors (Lipinski definition) is 2. The maximum atomic E-state index is 12.3. The molecule has 1 heterocycles. The zero-order valence-electron chi connectivity index (χ0n) is 11.0. The summed E-state index contributed by atoms with van der Waals surface area (Å²) in [5.74, 6) is 0.476. The number of nitrogens with one attached hydrogen (secondary N) is 1. The van der Waals surface area contributed by atoms with E-state index < -0.39 is 0 Å². The normalized spacial score (nSPS) is 15.2. The molecule has 0 aromatic carbocycles. The van der Waals surface area contributed by atoms with Gasteiger partial charge in [-0.3, -0.25) is 9.59 Å². The number of aromatic nitrogens is 1. The van der Waals surface area contributed by atoms with Crippen LogP contribution in [0.1, 0.15) is 42.2 Å². The van der Waals surface area contributed by atoms with E-state index >= 15 is 0 Å². The first kappa shape index (κ1) is 12.9. The van der Waals surface area contributed by atoms with Gasteiger partial charge >= 0.3 is 0 Å². The molecule has 18 heavy (non-hydrogen) atoms. The van der Waals surface area contributed by atoms with Crippen molar-refractivity contribution in [1.82, 2.24) is 9.88 Å². The molecule has 0 bridgehead atoms. The number of rotatable bonds is 4. The van der Waals surface area contributed by atoms with Gasteiger partial charge in [0.1, 0.15) is 5.56 Å². The Balaban J connectivity index is 2.14. The van der Waals surface area contributed by atoms with Crippen molar-refractivity contribution < 1.29 is 4.79 Å². The summed E-state index contributed by atoms with van der Waals surface area (Å²) in [6, 6.07) is 1.48. The lowest BCUT2D eigenvalue weighted by molar-refractivity contribution is 0.0705. The molecule has 1 aliphatic carbocycles. The summed E-state index contributed by atoms with van der Waals surface area (Å²) < 4.78 is 0. The summed E-state index contributed by atoms with van der Waals surface area (Å²) in [5.41, 5.74) is 0.837. The van der Waals surface area contributed by atoms with E-state index in [0.29, 0.717) is 12.5 Å². The van der Waals surface area contributed by atoms with Crippen LogP contribution in [0.3, 0.4) is 0 Å². The van der Waals surface area contributed by atoms with Crippen LogP contribution in [0.4, 0.5) is 0 Å². The lowest BCUT2D eigenvalue weighted by Gasteiger charge is -2.31. The van der Waals surface area contributed by atoms with Gasteiger partial charge in [0.15, 0.2) is 5.43 Å². The van der Waals surface area contributed by atoms with Crippen LogP contribution in [-0.4, -0.2) is 28.9 Å². The van der Waals surface area contributed by atoms with Crippen molar-refractivity contribution in [2.45, 2.75) is 33.1 Å². The minimum atomic E-state index is -0.191. The van der Waals surface area contributed by atoms with Crippen molar-refractivity contribution in [2.24, 2.45) is 5.92 Å². The Morgan fingerprint density at radius 1 is 1.50 bits per heavy atom. The number of amides is 1. The van der Waals surface area contributed by atoms with E-state index in [1.807, 2.05) is 13.8 Å². The van der Waals surface area contributed by atoms with Gasteiger partial charge < -0.3 is 9.88 Å². The largest absolute Gasteiger partial charge is 0.364 e. The molecule has 0 aliphatic heterocycles. The van der Waals surface area contributed by atoms with Crippen LogP contribution in [0.5, 0.6) is 0 Å². The fourth-order valence-corrected chi connectivity index (χ4v) is 2.25. The number of aryl methyl sites for hydroxylation is 1. The van der Waals surface area contributed by atoms with Gasteiger partial charge in [0.25, 0.3) is 5.91 Å². The molecule has 4 nitrogen and oxygen atoms in total. The number of hydrogen-bond donors (Lipinski definition) is 1. The van der Waals surface area contributed by atoms with E-state index in [1.54, 1.807) is 4.90 Å². The van der Waals surface area contributed by atoms with Gasteiger partial charge in [-0.1, -0.05) is 6.42 Å². The maximum Gasteiger partial charge on any atom is 0.259 e. The van der Waals surface area contributed by atoms with Crippen LogP contribution >= 0.6 is 0 Å². The van der Waals surface area contributed by atoms with Crippen molar-refractivity contribution in [2.75, 3.05) is 13.1 Å². The highest BCUT2D eigenvalue weighted by molar-refractivity contribution is 5.93. The number of aromatic amines is 1. The van der Waals surface area contributed by atoms with Crippen molar-refractivity contribution >= 4 is 5.91 Å². The van der Waals surface area contributed by atoms with E-state index in [1.165, 1.54) is 31.5 Å². The molecule has 1 aliphatic rings. The lowest BCUT2D eigenvalue weighted by Crippen LogP contribution is -2.39. The molecule has 0 unspecified atom stereocenters. The topological polar surface area (TPSA) is 53.2 Å². The first-order chi connectivity index (χ1) is 8.61. The SMILES string of the molecule is CCN(CC1CCC1)C(=O)c1c[nH]c(C)cc1=O. The standard InChI is InChI=1S/C14H20N2O2/c1-3-16(9-11-5-4-6-11)14(18)12-8-15-10(2)7-13(12)17/h7-8,11H,3-6,9H2,1-2H3,(H,15,17). The third-order valence-electron chi connectivity index (χ3n) is 3.66. The van der Waals surface area contributed by atoms with Gasteiger partial charge in [0.2, 0.25) is 0 Å². The average molecular weight is 248 g/mol. The lowest BCUT2D eigenvalue weighted by atomic mass is 9.85. The summed E-state index contributed by atoms with van der Waals surface area (Å²) in [6.07, 6.45) is 5.20. The molecule has 2 rings (SSSR count). The highest BCUT2D eigenvalue weighted by atomic mass is 16.2. The number of pyridine rings is 1. The number of nitrogens with zero attached hydrogens (tertiary/aromatic N) is 1. The number of H-pyrrole nitrogens is 1.